The van der Waals surface area contributed by atoms with Gasteiger partial charge in [0.25, 0.3) is 0 Å². The Labute approximate surface area is 87.6 Å². The van der Waals surface area contributed by atoms with Crippen molar-refractivity contribution in [3.8, 4) is 0 Å². The zero-order chi connectivity index (χ0) is 8.86. The molecule has 0 heterocycles. The van der Waals surface area contributed by atoms with E-state index in [1.807, 2.05) is 0 Å². The van der Waals surface area contributed by atoms with Gasteiger partial charge < -0.3 is 10.5 Å². The topological polar surface area (TPSA) is 35.2 Å². The SMILES string of the molecule is CCCOC1(CN)CCCCC1.Cl. The molecule has 0 aliphatic heterocycles. The first-order valence-electron chi connectivity index (χ1n) is 5.17. The summed E-state index contributed by atoms with van der Waals surface area (Å²) in [5.74, 6) is 0. The van der Waals surface area contributed by atoms with Crippen LogP contribution < -0.4 is 5.73 Å². The van der Waals surface area contributed by atoms with Crippen molar-refractivity contribution in [3.63, 3.8) is 0 Å². The summed E-state index contributed by atoms with van der Waals surface area (Å²) in [6.45, 7) is 3.72. The maximum atomic E-state index is 5.84. The Balaban J connectivity index is 0.00000144. The molecule has 0 unspecified atom stereocenters. The second kappa shape index (κ2) is 6.63. The molecule has 0 aromatic carbocycles. The van der Waals surface area contributed by atoms with Crippen LogP contribution in [0, 0.1) is 0 Å². The predicted molar refractivity (Wildman–Crippen MR) is 58.4 cm³/mol. The van der Waals surface area contributed by atoms with Crippen LogP contribution in [0.4, 0.5) is 0 Å². The molecule has 1 fully saturated rings. The third-order valence-corrected chi connectivity index (χ3v) is 2.75. The fourth-order valence-electron chi connectivity index (χ4n) is 1.92. The van der Waals surface area contributed by atoms with Crippen LogP contribution in [0.1, 0.15) is 45.4 Å². The van der Waals surface area contributed by atoms with Crippen LogP contribution in [0.2, 0.25) is 0 Å². The summed E-state index contributed by atoms with van der Waals surface area (Å²) in [6.07, 6.45) is 7.38. The number of hydrogen-bond acceptors (Lipinski definition) is 2. The molecule has 0 amide bonds. The smallest absolute Gasteiger partial charge is 0.0804 e. The molecule has 0 atom stereocenters. The zero-order valence-corrected chi connectivity index (χ0v) is 9.37. The van der Waals surface area contributed by atoms with Gasteiger partial charge in [-0.05, 0) is 19.3 Å². The molecule has 0 aromatic rings. The van der Waals surface area contributed by atoms with Crippen LogP contribution in [0.3, 0.4) is 0 Å². The van der Waals surface area contributed by atoms with Gasteiger partial charge in [0.05, 0.1) is 5.60 Å². The van der Waals surface area contributed by atoms with Crippen LogP contribution >= 0.6 is 12.4 Å². The summed E-state index contributed by atoms with van der Waals surface area (Å²) in [4.78, 5) is 0. The van der Waals surface area contributed by atoms with Crippen molar-refractivity contribution < 1.29 is 4.74 Å². The Morgan fingerprint density at radius 1 is 1.23 bits per heavy atom. The van der Waals surface area contributed by atoms with E-state index in [0.717, 1.165) is 13.0 Å². The average molecular weight is 208 g/mol. The van der Waals surface area contributed by atoms with E-state index in [1.165, 1.54) is 32.1 Å². The summed E-state index contributed by atoms with van der Waals surface area (Å²) >= 11 is 0. The van der Waals surface area contributed by atoms with Gasteiger partial charge in [-0.3, -0.25) is 0 Å². The Bertz CT molecular complexity index is 124. The molecule has 0 radical (unpaired) electrons. The van der Waals surface area contributed by atoms with E-state index in [2.05, 4.69) is 6.92 Å². The molecule has 80 valence electrons. The second-order valence-corrected chi connectivity index (χ2v) is 3.80. The van der Waals surface area contributed by atoms with E-state index in [9.17, 15) is 0 Å². The minimum absolute atomic E-state index is 0. The maximum Gasteiger partial charge on any atom is 0.0804 e. The van der Waals surface area contributed by atoms with Crippen LogP contribution in [0.25, 0.3) is 0 Å². The molecule has 2 nitrogen and oxygen atoms in total. The van der Waals surface area contributed by atoms with Crippen molar-refractivity contribution in [2.24, 2.45) is 5.73 Å². The van der Waals surface area contributed by atoms with E-state index in [-0.39, 0.29) is 18.0 Å². The predicted octanol–water partition coefficient (Wildman–Crippen LogP) is 2.50. The van der Waals surface area contributed by atoms with Gasteiger partial charge in [0, 0.05) is 13.2 Å². The van der Waals surface area contributed by atoms with Crippen molar-refractivity contribution in [1.82, 2.24) is 0 Å². The van der Waals surface area contributed by atoms with Gasteiger partial charge in [0.2, 0.25) is 0 Å². The van der Waals surface area contributed by atoms with E-state index >= 15 is 0 Å². The lowest BCUT2D eigenvalue weighted by Gasteiger charge is -2.36. The van der Waals surface area contributed by atoms with Crippen molar-refractivity contribution >= 4 is 12.4 Å². The molecule has 0 saturated heterocycles. The highest BCUT2D eigenvalue weighted by molar-refractivity contribution is 5.85. The lowest BCUT2D eigenvalue weighted by Crippen LogP contribution is -2.42. The van der Waals surface area contributed by atoms with Crippen LogP contribution in [0.5, 0.6) is 0 Å². The molecule has 0 aromatic heterocycles. The summed E-state index contributed by atoms with van der Waals surface area (Å²) in [5, 5.41) is 0. The molecule has 0 bridgehead atoms. The van der Waals surface area contributed by atoms with Crippen molar-refractivity contribution in [1.29, 1.82) is 0 Å². The molecular weight excluding hydrogens is 186 g/mol. The standard InChI is InChI=1S/C10H21NO.ClH/c1-2-8-12-10(9-11)6-4-3-5-7-10;/h2-9,11H2,1H3;1H. The van der Waals surface area contributed by atoms with Gasteiger partial charge in [-0.15, -0.1) is 12.4 Å². The van der Waals surface area contributed by atoms with E-state index in [0.29, 0.717) is 6.54 Å². The molecule has 1 aliphatic rings. The van der Waals surface area contributed by atoms with Crippen LogP contribution in [-0.4, -0.2) is 18.8 Å². The number of halogens is 1. The van der Waals surface area contributed by atoms with E-state index < -0.39 is 0 Å². The number of rotatable bonds is 4. The molecule has 0 spiro atoms. The van der Waals surface area contributed by atoms with Gasteiger partial charge in [0.15, 0.2) is 0 Å². The van der Waals surface area contributed by atoms with E-state index in [1.54, 1.807) is 0 Å². The summed E-state index contributed by atoms with van der Waals surface area (Å²) in [7, 11) is 0. The first-order chi connectivity index (χ1) is 5.83. The van der Waals surface area contributed by atoms with Gasteiger partial charge in [-0.2, -0.15) is 0 Å². The Kier molecular flexibility index (Phi) is 6.74. The average Bonchev–Trinajstić information content (AvgIpc) is 2.16. The van der Waals surface area contributed by atoms with Crippen molar-refractivity contribution in [2.45, 2.75) is 51.0 Å². The molecule has 1 rings (SSSR count). The van der Waals surface area contributed by atoms with Crippen LogP contribution in [-0.2, 0) is 4.74 Å². The monoisotopic (exact) mass is 207 g/mol. The van der Waals surface area contributed by atoms with Crippen molar-refractivity contribution in [3.05, 3.63) is 0 Å². The first-order valence-corrected chi connectivity index (χ1v) is 5.17. The molecular formula is C10H22ClNO. The Morgan fingerprint density at radius 3 is 2.31 bits per heavy atom. The fourth-order valence-corrected chi connectivity index (χ4v) is 1.92. The number of hydrogen-bond donors (Lipinski definition) is 1. The Hall–Kier alpha value is 0.210. The molecule has 2 N–H and O–H groups in total. The summed E-state index contributed by atoms with van der Waals surface area (Å²) in [6, 6.07) is 0. The third kappa shape index (κ3) is 3.84. The Morgan fingerprint density at radius 2 is 1.85 bits per heavy atom. The fraction of sp³-hybridized carbons (Fsp3) is 1.00. The van der Waals surface area contributed by atoms with Crippen LogP contribution in [0.15, 0.2) is 0 Å². The quantitative estimate of drug-likeness (QED) is 0.769. The third-order valence-electron chi connectivity index (χ3n) is 2.75. The maximum absolute atomic E-state index is 5.84. The molecule has 1 aliphatic carbocycles. The molecule has 1 saturated carbocycles. The summed E-state index contributed by atoms with van der Waals surface area (Å²) in [5.41, 5.74) is 5.80. The highest BCUT2D eigenvalue weighted by Gasteiger charge is 2.30. The zero-order valence-electron chi connectivity index (χ0n) is 8.55. The van der Waals surface area contributed by atoms with Gasteiger partial charge in [0.1, 0.15) is 0 Å². The molecule has 13 heavy (non-hydrogen) atoms. The largest absolute Gasteiger partial charge is 0.374 e. The second-order valence-electron chi connectivity index (χ2n) is 3.80. The summed E-state index contributed by atoms with van der Waals surface area (Å²) < 4.78 is 5.84. The van der Waals surface area contributed by atoms with Gasteiger partial charge in [-0.25, -0.2) is 0 Å². The van der Waals surface area contributed by atoms with Crippen molar-refractivity contribution in [2.75, 3.05) is 13.2 Å². The number of nitrogens with two attached hydrogens (primary N) is 1. The highest BCUT2D eigenvalue weighted by atomic mass is 35.5. The highest BCUT2D eigenvalue weighted by Crippen LogP contribution is 2.30. The lowest BCUT2D eigenvalue weighted by molar-refractivity contribution is -0.0627. The minimum Gasteiger partial charge on any atom is -0.374 e. The molecule has 3 heteroatoms. The normalized spacial score (nSPS) is 20.8. The number of ether oxygens (including phenoxy) is 1. The van der Waals surface area contributed by atoms with E-state index in [4.69, 9.17) is 10.5 Å². The lowest BCUT2D eigenvalue weighted by atomic mass is 9.85. The van der Waals surface area contributed by atoms with Gasteiger partial charge in [-0.1, -0.05) is 26.2 Å². The minimum atomic E-state index is 0. The van der Waals surface area contributed by atoms with Gasteiger partial charge >= 0.3 is 0 Å². The first kappa shape index (κ1) is 13.2.